The highest BCUT2D eigenvalue weighted by Crippen LogP contribution is 2.30. The Labute approximate surface area is 160 Å². The molecule has 0 spiro atoms. The van der Waals surface area contributed by atoms with E-state index in [1.54, 1.807) is 18.2 Å². The molecule has 1 fully saturated rings. The van der Waals surface area contributed by atoms with Crippen LogP contribution in [0.25, 0.3) is 0 Å². The molecule has 2 amide bonds. The summed E-state index contributed by atoms with van der Waals surface area (Å²) in [6.07, 6.45) is 1.96. The Morgan fingerprint density at radius 3 is 2.44 bits per heavy atom. The maximum absolute atomic E-state index is 12.4. The highest BCUT2D eigenvalue weighted by molar-refractivity contribution is 9.10. The summed E-state index contributed by atoms with van der Waals surface area (Å²) in [7, 11) is 0. The van der Waals surface area contributed by atoms with E-state index in [0.717, 1.165) is 28.6 Å². The predicted octanol–water partition coefficient (Wildman–Crippen LogP) is 4.94. The highest BCUT2D eigenvalue weighted by atomic mass is 79.9. The lowest BCUT2D eigenvalue weighted by molar-refractivity contribution is -0.117. The lowest BCUT2D eigenvalue weighted by atomic mass is 10.1. The van der Waals surface area contributed by atoms with Gasteiger partial charge in [-0.25, -0.2) is 0 Å². The molecule has 2 N–H and O–H groups in total. The normalized spacial score (nSPS) is 14.7. The first-order valence-electron chi connectivity index (χ1n) is 8.11. The first-order chi connectivity index (χ1) is 11.9. The van der Waals surface area contributed by atoms with Crippen LogP contribution in [0.1, 0.15) is 41.7 Å². The molecule has 1 unspecified atom stereocenters. The number of amides is 2. The van der Waals surface area contributed by atoms with Crippen molar-refractivity contribution < 1.29 is 9.59 Å². The monoisotopic (exact) mass is 420 g/mol. The second kappa shape index (κ2) is 7.58. The van der Waals surface area contributed by atoms with Gasteiger partial charge in [-0.05, 0) is 55.7 Å². The Morgan fingerprint density at radius 2 is 1.84 bits per heavy atom. The molecule has 0 aliphatic heterocycles. The van der Waals surface area contributed by atoms with Gasteiger partial charge in [0, 0.05) is 16.1 Å². The number of carbonyl (C=O) groups excluding carboxylic acids is 2. The van der Waals surface area contributed by atoms with Crippen molar-refractivity contribution in [3.05, 3.63) is 63.1 Å². The molecule has 3 rings (SSSR count). The van der Waals surface area contributed by atoms with Crippen LogP contribution in [-0.4, -0.2) is 11.8 Å². The lowest BCUT2D eigenvalue weighted by Gasteiger charge is -2.16. The molecule has 4 nitrogen and oxygen atoms in total. The Bertz CT molecular complexity index is 804. The fourth-order valence-electron chi connectivity index (χ4n) is 2.48. The van der Waals surface area contributed by atoms with E-state index in [0.29, 0.717) is 10.6 Å². The standard InChI is InChI=1S/C19H18BrClN2O2/c1-11(22-19(25)16-9-6-14(20)10-17(16)21)12-4-7-15(8-5-12)23-18(24)13-2-3-13/h4-11,13H,2-3H2,1H3,(H,22,25)(H,23,24). The number of anilines is 1. The summed E-state index contributed by atoms with van der Waals surface area (Å²) in [6, 6.07) is 12.5. The molecule has 6 heteroatoms. The van der Waals surface area contributed by atoms with E-state index < -0.39 is 0 Å². The van der Waals surface area contributed by atoms with Crippen LogP contribution in [0.5, 0.6) is 0 Å². The molecule has 0 heterocycles. The van der Waals surface area contributed by atoms with Gasteiger partial charge in [0.1, 0.15) is 0 Å². The van der Waals surface area contributed by atoms with E-state index in [1.807, 2.05) is 31.2 Å². The van der Waals surface area contributed by atoms with Crippen molar-refractivity contribution in [3.8, 4) is 0 Å². The van der Waals surface area contributed by atoms with E-state index in [9.17, 15) is 9.59 Å². The molecule has 0 bridgehead atoms. The summed E-state index contributed by atoms with van der Waals surface area (Å²) in [5.74, 6) is 0.0311. The van der Waals surface area contributed by atoms with E-state index in [4.69, 9.17) is 11.6 Å². The molecule has 1 aliphatic carbocycles. The van der Waals surface area contributed by atoms with Gasteiger partial charge in [0.25, 0.3) is 5.91 Å². The molecule has 130 valence electrons. The van der Waals surface area contributed by atoms with E-state index in [-0.39, 0.29) is 23.8 Å². The maximum Gasteiger partial charge on any atom is 0.253 e. The topological polar surface area (TPSA) is 58.2 Å². The SMILES string of the molecule is CC(NC(=O)c1ccc(Br)cc1Cl)c1ccc(NC(=O)C2CC2)cc1. The summed E-state index contributed by atoms with van der Waals surface area (Å²) in [6.45, 7) is 1.91. The second-order valence-electron chi connectivity index (χ2n) is 6.20. The lowest BCUT2D eigenvalue weighted by Crippen LogP contribution is -2.26. The van der Waals surface area contributed by atoms with Crippen molar-refractivity contribution >= 4 is 45.0 Å². The van der Waals surface area contributed by atoms with Crippen LogP contribution in [-0.2, 0) is 4.79 Å². The van der Waals surface area contributed by atoms with Gasteiger partial charge in [0.2, 0.25) is 5.91 Å². The summed E-state index contributed by atoms with van der Waals surface area (Å²) in [5.41, 5.74) is 2.16. The van der Waals surface area contributed by atoms with Crippen LogP contribution in [0.3, 0.4) is 0 Å². The zero-order valence-electron chi connectivity index (χ0n) is 13.7. The summed E-state index contributed by atoms with van der Waals surface area (Å²) >= 11 is 9.45. The van der Waals surface area contributed by atoms with Gasteiger partial charge in [0.05, 0.1) is 16.6 Å². The zero-order chi connectivity index (χ0) is 18.0. The maximum atomic E-state index is 12.4. The van der Waals surface area contributed by atoms with Crippen LogP contribution >= 0.6 is 27.5 Å². The minimum Gasteiger partial charge on any atom is -0.345 e. The van der Waals surface area contributed by atoms with Crippen LogP contribution in [0.15, 0.2) is 46.9 Å². The van der Waals surface area contributed by atoms with E-state index in [2.05, 4.69) is 26.6 Å². The van der Waals surface area contributed by atoms with Crippen molar-refractivity contribution in [1.29, 1.82) is 0 Å². The first kappa shape index (κ1) is 18.0. The van der Waals surface area contributed by atoms with Crippen molar-refractivity contribution in [3.63, 3.8) is 0 Å². The van der Waals surface area contributed by atoms with Gasteiger partial charge in [-0.3, -0.25) is 9.59 Å². The summed E-state index contributed by atoms with van der Waals surface area (Å²) in [4.78, 5) is 24.2. The van der Waals surface area contributed by atoms with Crippen LogP contribution in [0.2, 0.25) is 5.02 Å². The largest absolute Gasteiger partial charge is 0.345 e. The third-order valence-corrected chi connectivity index (χ3v) is 4.96. The number of carbonyl (C=O) groups is 2. The smallest absolute Gasteiger partial charge is 0.253 e. The Kier molecular flexibility index (Phi) is 5.45. The second-order valence-corrected chi connectivity index (χ2v) is 7.53. The van der Waals surface area contributed by atoms with Gasteiger partial charge in [-0.15, -0.1) is 0 Å². The molecule has 1 atom stereocenters. The van der Waals surface area contributed by atoms with Gasteiger partial charge in [-0.2, -0.15) is 0 Å². The van der Waals surface area contributed by atoms with Crippen LogP contribution < -0.4 is 10.6 Å². The quantitative estimate of drug-likeness (QED) is 0.718. The molecular formula is C19H18BrClN2O2. The average molecular weight is 422 g/mol. The minimum absolute atomic E-state index is 0.0824. The number of rotatable bonds is 5. The zero-order valence-corrected chi connectivity index (χ0v) is 16.0. The van der Waals surface area contributed by atoms with Crippen molar-refractivity contribution in [2.45, 2.75) is 25.8 Å². The molecule has 1 aliphatic rings. The number of benzene rings is 2. The van der Waals surface area contributed by atoms with Crippen LogP contribution in [0.4, 0.5) is 5.69 Å². The molecule has 2 aromatic carbocycles. The average Bonchev–Trinajstić information content (AvgIpc) is 3.40. The Balaban J connectivity index is 1.63. The number of nitrogens with one attached hydrogen (secondary N) is 2. The highest BCUT2D eigenvalue weighted by Gasteiger charge is 2.29. The molecule has 2 aromatic rings. The summed E-state index contributed by atoms with van der Waals surface area (Å²) < 4.78 is 0.825. The van der Waals surface area contributed by atoms with Crippen molar-refractivity contribution in [2.75, 3.05) is 5.32 Å². The van der Waals surface area contributed by atoms with Gasteiger partial charge in [-0.1, -0.05) is 39.7 Å². The Morgan fingerprint density at radius 1 is 1.16 bits per heavy atom. The van der Waals surface area contributed by atoms with Crippen molar-refractivity contribution in [2.24, 2.45) is 5.92 Å². The third kappa shape index (κ3) is 4.61. The molecule has 0 aromatic heterocycles. The number of hydrogen-bond donors (Lipinski definition) is 2. The van der Waals surface area contributed by atoms with Gasteiger partial charge >= 0.3 is 0 Å². The molecule has 25 heavy (non-hydrogen) atoms. The number of halogens is 2. The first-order valence-corrected chi connectivity index (χ1v) is 9.28. The fraction of sp³-hybridized carbons (Fsp3) is 0.263. The van der Waals surface area contributed by atoms with Crippen LogP contribution in [0, 0.1) is 5.92 Å². The molecule has 1 saturated carbocycles. The van der Waals surface area contributed by atoms with E-state index >= 15 is 0 Å². The fourth-order valence-corrected chi connectivity index (χ4v) is 3.24. The molecular weight excluding hydrogens is 404 g/mol. The summed E-state index contributed by atoms with van der Waals surface area (Å²) in [5, 5.41) is 6.24. The Hall–Kier alpha value is -1.85. The van der Waals surface area contributed by atoms with Gasteiger partial charge in [0.15, 0.2) is 0 Å². The van der Waals surface area contributed by atoms with Crippen molar-refractivity contribution in [1.82, 2.24) is 5.32 Å². The number of hydrogen-bond acceptors (Lipinski definition) is 2. The van der Waals surface area contributed by atoms with E-state index in [1.165, 1.54) is 0 Å². The predicted molar refractivity (Wildman–Crippen MR) is 103 cm³/mol. The van der Waals surface area contributed by atoms with Gasteiger partial charge < -0.3 is 10.6 Å². The minimum atomic E-state index is -0.226. The third-order valence-electron chi connectivity index (χ3n) is 4.15. The molecule has 0 radical (unpaired) electrons. The molecule has 0 saturated heterocycles.